The van der Waals surface area contributed by atoms with Gasteiger partial charge in [0.25, 0.3) is 5.91 Å². The van der Waals surface area contributed by atoms with Gasteiger partial charge in [0.1, 0.15) is 0 Å². The van der Waals surface area contributed by atoms with Crippen LogP contribution in [0.4, 0.5) is 5.69 Å². The Bertz CT molecular complexity index is 535. The van der Waals surface area contributed by atoms with Crippen LogP contribution in [0.2, 0.25) is 0 Å². The highest BCUT2D eigenvalue weighted by Gasteiger charge is 2.16. The molecule has 1 aromatic carbocycles. The molecule has 2 rings (SSSR count). The van der Waals surface area contributed by atoms with Crippen LogP contribution in [0.5, 0.6) is 0 Å². The maximum atomic E-state index is 12.1. The van der Waals surface area contributed by atoms with Gasteiger partial charge in [-0.05, 0) is 50.2 Å². The lowest BCUT2D eigenvalue weighted by Gasteiger charge is -2.17. The molecule has 6 heteroatoms. The third kappa shape index (κ3) is 5.62. The van der Waals surface area contributed by atoms with Gasteiger partial charge in [-0.1, -0.05) is 13.8 Å². The molecule has 6 nitrogen and oxygen atoms in total. The standard InChI is InChI=1S/C18H27N3O3/c1-3-21(4-2)13-17(22)20-15-9-7-14(8-10-15)18(23)19-12-16-6-5-11-24-16/h7-10,16H,3-6,11-13H2,1-2H3,(H,19,23)(H,20,22). The number of carbonyl (C=O) groups is 2. The lowest BCUT2D eigenvalue weighted by molar-refractivity contribution is -0.117. The van der Waals surface area contributed by atoms with E-state index in [1.807, 2.05) is 18.7 Å². The summed E-state index contributed by atoms with van der Waals surface area (Å²) in [4.78, 5) is 26.1. The Kier molecular flexibility index (Phi) is 7.21. The zero-order valence-electron chi connectivity index (χ0n) is 14.5. The summed E-state index contributed by atoms with van der Waals surface area (Å²) in [5, 5.41) is 5.74. The predicted octanol–water partition coefficient (Wildman–Crippen LogP) is 1.88. The average molecular weight is 333 g/mol. The number of nitrogens with zero attached hydrogens (tertiary/aromatic N) is 1. The van der Waals surface area contributed by atoms with Crippen LogP contribution in [0.1, 0.15) is 37.0 Å². The quantitative estimate of drug-likeness (QED) is 0.762. The number of hydrogen-bond donors (Lipinski definition) is 2. The maximum Gasteiger partial charge on any atom is 0.251 e. The van der Waals surface area contributed by atoms with Crippen LogP contribution in [-0.4, -0.2) is 55.6 Å². The van der Waals surface area contributed by atoms with E-state index in [0.29, 0.717) is 24.3 Å². The summed E-state index contributed by atoms with van der Waals surface area (Å²) in [7, 11) is 0. The molecule has 1 aliphatic heterocycles. The molecule has 1 heterocycles. The monoisotopic (exact) mass is 333 g/mol. The van der Waals surface area contributed by atoms with Crippen LogP contribution in [0.3, 0.4) is 0 Å². The van der Waals surface area contributed by atoms with E-state index >= 15 is 0 Å². The van der Waals surface area contributed by atoms with Crippen molar-refractivity contribution in [1.29, 1.82) is 0 Å². The van der Waals surface area contributed by atoms with Gasteiger partial charge in [-0.25, -0.2) is 0 Å². The molecule has 0 radical (unpaired) electrons. The smallest absolute Gasteiger partial charge is 0.251 e. The number of anilines is 1. The van der Waals surface area contributed by atoms with Gasteiger partial charge >= 0.3 is 0 Å². The molecule has 0 aromatic heterocycles. The minimum absolute atomic E-state index is 0.0470. The molecule has 1 aliphatic rings. The van der Waals surface area contributed by atoms with Crippen molar-refractivity contribution in [2.45, 2.75) is 32.8 Å². The van der Waals surface area contributed by atoms with Gasteiger partial charge in [-0.2, -0.15) is 0 Å². The van der Waals surface area contributed by atoms with E-state index in [9.17, 15) is 9.59 Å². The van der Waals surface area contributed by atoms with Gasteiger partial charge < -0.3 is 15.4 Å². The van der Waals surface area contributed by atoms with Crippen LogP contribution in [-0.2, 0) is 9.53 Å². The van der Waals surface area contributed by atoms with Crippen LogP contribution in [0.15, 0.2) is 24.3 Å². The van der Waals surface area contributed by atoms with Gasteiger partial charge in [0.2, 0.25) is 5.91 Å². The van der Waals surface area contributed by atoms with Gasteiger partial charge in [0.05, 0.1) is 12.6 Å². The highest BCUT2D eigenvalue weighted by molar-refractivity contribution is 5.96. The molecule has 0 saturated carbocycles. The van der Waals surface area contributed by atoms with E-state index in [-0.39, 0.29) is 17.9 Å². The molecular formula is C18H27N3O3. The predicted molar refractivity (Wildman–Crippen MR) is 94.2 cm³/mol. The molecule has 1 fully saturated rings. The van der Waals surface area contributed by atoms with Gasteiger partial charge in [0, 0.05) is 24.4 Å². The highest BCUT2D eigenvalue weighted by Crippen LogP contribution is 2.12. The molecule has 1 saturated heterocycles. The summed E-state index contributed by atoms with van der Waals surface area (Å²) < 4.78 is 5.49. The normalized spacial score (nSPS) is 17.0. The Morgan fingerprint density at radius 1 is 1.21 bits per heavy atom. The second-order valence-corrected chi connectivity index (χ2v) is 5.93. The van der Waals surface area contributed by atoms with Crippen molar-refractivity contribution in [1.82, 2.24) is 10.2 Å². The second kappa shape index (κ2) is 9.39. The molecule has 24 heavy (non-hydrogen) atoms. The summed E-state index contributed by atoms with van der Waals surface area (Å²) in [5.74, 6) is -0.166. The Balaban J connectivity index is 1.81. The first-order valence-corrected chi connectivity index (χ1v) is 8.64. The molecule has 132 valence electrons. The van der Waals surface area contributed by atoms with Crippen molar-refractivity contribution in [2.75, 3.05) is 38.1 Å². The summed E-state index contributed by atoms with van der Waals surface area (Å²) >= 11 is 0. The number of likely N-dealkylation sites (N-methyl/N-ethyl adjacent to an activating group) is 1. The number of nitrogens with one attached hydrogen (secondary N) is 2. The lowest BCUT2D eigenvalue weighted by Crippen LogP contribution is -2.33. The Hall–Kier alpha value is -1.92. The number of ether oxygens (including phenoxy) is 1. The summed E-state index contributed by atoms with van der Waals surface area (Å²) in [6.07, 6.45) is 2.19. The van der Waals surface area contributed by atoms with Crippen molar-refractivity contribution in [3.63, 3.8) is 0 Å². The minimum Gasteiger partial charge on any atom is -0.376 e. The topological polar surface area (TPSA) is 70.7 Å². The van der Waals surface area contributed by atoms with Crippen molar-refractivity contribution in [3.8, 4) is 0 Å². The van der Waals surface area contributed by atoms with Gasteiger partial charge in [0.15, 0.2) is 0 Å². The highest BCUT2D eigenvalue weighted by atomic mass is 16.5. The third-order valence-corrected chi connectivity index (χ3v) is 4.21. The fraction of sp³-hybridized carbons (Fsp3) is 0.556. The molecule has 2 amide bonds. The number of rotatable bonds is 8. The van der Waals surface area contributed by atoms with Gasteiger partial charge in [-0.3, -0.25) is 14.5 Å². The molecule has 0 spiro atoms. The number of benzene rings is 1. The Labute approximate surface area is 143 Å². The van der Waals surface area contributed by atoms with E-state index in [2.05, 4.69) is 10.6 Å². The van der Waals surface area contributed by atoms with Crippen LogP contribution in [0, 0.1) is 0 Å². The average Bonchev–Trinajstić information content (AvgIpc) is 3.11. The van der Waals surface area contributed by atoms with Crippen molar-refractivity contribution in [3.05, 3.63) is 29.8 Å². The zero-order valence-corrected chi connectivity index (χ0v) is 14.5. The lowest BCUT2D eigenvalue weighted by atomic mass is 10.2. The van der Waals surface area contributed by atoms with Crippen molar-refractivity contribution in [2.24, 2.45) is 0 Å². The van der Waals surface area contributed by atoms with Crippen molar-refractivity contribution >= 4 is 17.5 Å². The Morgan fingerprint density at radius 3 is 2.50 bits per heavy atom. The van der Waals surface area contributed by atoms with Crippen LogP contribution in [0.25, 0.3) is 0 Å². The van der Waals surface area contributed by atoms with E-state index < -0.39 is 0 Å². The van der Waals surface area contributed by atoms with Crippen molar-refractivity contribution < 1.29 is 14.3 Å². The first-order valence-electron chi connectivity index (χ1n) is 8.64. The second-order valence-electron chi connectivity index (χ2n) is 5.93. The summed E-state index contributed by atoms with van der Waals surface area (Å²) in [6.45, 7) is 7.43. The van der Waals surface area contributed by atoms with E-state index in [1.54, 1.807) is 24.3 Å². The number of hydrogen-bond acceptors (Lipinski definition) is 4. The summed E-state index contributed by atoms with van der Waals surface area (Å²) in [6, 6.07) is 6.94. The molecule has 1 aromatic rings. The third-order valence-electron chi connectivity index (χ3n) is 4.21. The molecule has 0 bridgehead atoms. The molecule has 1 atom stereocenters. The Morgan fingerprint density at radius 2 is 1.92 bits per heavy atom. The van der Waals surface area contributed by atoms with Crippen LogP contribution < -0.4 is 10.6 Å². The number of amides is 2. The van der Waals surface area contributed by atoms with E-state index in [4.69, 9.17) is 4.74 Å². The summed E-state index contributed by atoms with van der Waals surface area (Å²) in [5.41, 5.74) is 1.28. The SMILES string of the molecule is CCN(CC)CC(=O)Nc1ccc(C(=O)NCC2CCCO2)cc1. The zero-order chi connectivity index (χ0) is 17.4. The number of carbonyl (C=O) groups excluding carboxylic acids is 2. The van der Waals surface area contributed by atoms with Gasteiger partial charge in [-0.15, -0.1) is 0 Å². The molecular weight excluding hydrogens is 306 g/mol. The fourth-order valence-corrected chi connectivity index (χ4v) is 2.67. The molecule has 0 aliphatic carbocycles. The van der Waals surface area contributed by atoms with E-state index in [0.717, 1.165) is 32.5 Å². The molecule has 2 N–H and O–H groups in total. The first kappa shape index (κ1) is 18.4. The largest absolute Gasteiger partial charge is 0.376 e. The first-order chi connectivity index (χ1) is 11.6. The fourth-order valence-electron chi connectivity index (χ4n) is 2.67. The maximum absolute atomic E-state index is 12.1. The van der Waals surface area contributed by atoms with Crippen LogP contribution >= 0.6 is 0 Å². The van der Waals surface area contributed by atoms with E-state index in [1.165, 1.54) is 0 Å². The molecule has 1 unspecified atom stereocenters. The minimum atomic E-state index is -0.119.